The van der Waals surface area contributed by atoms with Crippen molar-refractivity contribution in [3.63, 3.8) is 0 Å². The Morgan fingerprint density at radius 3 is 2.58 bits per heavy atom. The number of anilines is 1. The molecule has 1 amide bonds. The summed E-state index contributed by atoms with van der Waals surface area (Å²) in [6.45, 7) is 6.60. The smallest absolute Gasteiger partial charge is 0.310 e. The summed E-state index contributed by atoms with van der Waals surface area (Å²) in [6, 6.07) is 9.56. The van der Waals surface area contributed by atoms with E-state index in [-0.39, 0.29) is 17.8 Å². The molecular formula is C20H25NO3. The lowest BCUT2D eigenvalue weighted by atomic mass is 9.88. The Morgan fingerprint density at radius 1 is 1.25 bits per heavy atom. The first-order valence-electron chi connectivity index (χ1n) is 8.61. The van der Waals surface area contributed by atoms with E-state index in [0.29, 0.717) is 13.0 Å². The predicted octanol–water partition coefficient (Wildman–Crippen LogP) is 3.72. The van der Waals surface area contributed by atoms with Gasteiger partial charge in [0.2, 0.25) is 0 Å². The standard InChI is InChI=1S/C20H25NO3/c1-14-9-11-15(12-10-14)19(23)24-17-18(22)21(13-20(17,2)3)16-7-5-4-6-8-16/h4-9,15,17H,10-13H2,1-3H3. The second-order valence-electron chi connectivity index (χ2n) is 7.59. The molecule has 2 aliphatic rings. The molecule has 3 rings (SSSR count). The van der Waals surface area contributed by atoms with Crippen LogP contribution >= 0.6 is 0 Å². The summed E-state index contributed by atoms with van der Waals surface area (Å²) in [5.41, 5.74) is 1.78. The van der Waals surface area contributed by atoms with Crippen LogP contribution in [0.1, 0.15) is 40.0 Å². The highest BCUT2D eigenvalue weighted by atomic mass is 16.6. The number of rotatable bonds is 3. The number of hydrogen-bond acceptors (Lipinski definition) is 3. The lowest BCUT2D eigenvalue weighted by Crippen LogP contribution is -2.38. The molecule has 1 aromatic rings. The van der Waals surface area contributed by atoms with E-state index < -0.39 is 11.5 Å². The van der Waals surface area contributed by atoms with Gasteiger partial charge in [-0.3, -0.25) is 9.59 Å². The van der Waals surface area contributed by atoms with Crippen molar-refractivity contribution < 1.29 is 14.3 Å². The average Bonchev–Trinajstić information content (AvgIpc) is 2.80. The van der Waals surface area contributed by atoms with Crippen LogP contribution in [0.2, 0.25) is 0 Å². The van der Waals surface area contributed by atoms with Crippen LogP contribution in [0.4, 0.5) is 5.69 Å². The number of carbonyl (C=O) groups excluding carboxylic acids is 2. The van der Waals surface area contributed by atoms with Crippen LogP contribution in [0, 0.1) is 11.3 Å². The van der Waals surface area contributed by atoms with Gasteiger partial charge >= 0.3 is 5.97 Å². The van der Waals surface area contributed by atoms with Gasteiger partial charge in [-0.1, -0.05) is 43.7 Å². The van der Waals surface area contributed by atoms with Gasteiger partial charge in [-0.2, -0.15) is 0 Å². The van der Waals surface area contributed by atoms with Crippen LogP contribution in [-0.2, 0) is 14.3 Å². The zero-order valence-electron chi connectivity index (χ0n) is 14.6. The highest BCUT2D eigenvalue weighted by Crippen LogP contribution is 2.37. The van der Waals surface area contributed by atoms with Crippen LogP contribution in [0.15, 0.2) is 42.0 Å². The Bertz CT molecular complexity index is 663. The lowest BCUT2D eigenvalue weighted by molar-refractivity contribution is -0.162. The van der Waals surface area contributed by atoms with Gasteiger partial charge < -0.3 is 9.64 Å². The van der Waals surface area contributed by atoms with Gasteiger partial charge in [0.25, 0.3) is 5.91 Å². The monoisotopic (exact) mass is 327 g/mol. The number of allylic oxidation sites excluding steroid dienone is 2. The second kappa shape index (κ2) is 6.42. The summed E-state index contributed by atoms with van der Waals surface area (Å²) in [7, 11) is 0. The number of amides is 1. The van der Waals surface area contributed by atoms with Crippen molar-refractivity contribution in [3.05, 3.63) is 42.0 Å². The van der Waals surface area contributed by atoms with Gasteiger partial charge in [0, 0.05) is 17.6 Å². The van der Waals surface area contributed by atoms with Crippen LogP contribution in [-0.4, -0.2) is 24.5 Å². The summed E-state index contributed by atoms with van der Waals surface area (Å²) >= 11 is 0. The summed E-state index contributed by atoms with van der Waals surface area (Å²) in [6.07, 6.45) is 3.85. The number of hydrogen-bond donors (Lipinski definition) is 0. The van der Waals surface area contributed by atoms with Crippen LogP contribution in [0.5, 0.6) is 0 Å². The maximum atomic E-state index is 12.8. The number of esters is 1. The van der Waals surface area contributed by atoms with Crippen LogP contribution < -0.4 is 4.90 Å². The molecule has 1 saturated heterocycles. The normalized spacial score (nSPS) is 26.2. The first-order chi connectivity index (χ1) is 11.4. The van der Waals surface area contributed by atoms with E-state index in [2.05, 4.69) is 13.0 Å². The zero-order chi connectivity index (χ0) is 17.3. The molecule has 2 unspecified atom stereocenters. The molecule has 4 heteroatoms. The molecule has 128 valence electrons. The Balaban J connectivity index is 1.73. The third kappa shape index (κ3) is 3.23. The zero-order valence-corrected chi connectivity index (χ0v) is 14.6. The molecule has 2 atom stereocenters. The van der Waals surface area contributed by atoms with Gasteiger partial charge in [0.05, 0.1) is 5.92 Å². The predicted molar refractivity (Wildman–Crippen MR) is 93.6 cm³/mol. The SMILES string of the molecule is CC1=CCC(C(=O)OC2C(=O)N(c3ccccc3)CC2(C)C)CC1. The van der Waals surface area contributed by atoms with Gasteiger partial charge in [0.1, 0.15) is 0 Å². The summed E-state index contributed by atoms with van der Waals surface area (Å²) in [5, 5.41) is 0. The van der Waals surface area contributed by atoms with E-state index in [4.69, 9.17) is 4.74 Å². The summed E-state index contributed by atoms with van der Waals surface area (Å²) < 4.78 is 5.71. The van der Waals surface area contributed by atoms with Gasteiger partial charge in [-0.05, 0) is 38.3 Å². The third-order valence-electron chi connectivity index (χ3n) is 5.04. The lowest BCUT2D eigenvalue weighted by Gasteiger charge is -2.26. The van der Waals surface area contributed by atoms with E-state index in [9.17, 15) is 9.59 Å². The van der Waals surface area contributed by atoms with Crippen molar-refractivity contribution in [3.8, 4) is 0 Å². The van der Waals surface area contributed by atoms with Gasteiger partial charge in [0.15, 0.2) is 6.10 Å². The molecule has 0 bridgehead atoms. The Morgan fingerprint density at radius 2 is 1.96 bits per heavy atom. The van der Waals surface area contributed by atoms with E-state index in [1.54, 1.807) is 4.90 Å². The van der Waals surface area contributed by atoms with Crippen molar-refractivity contribution in [2.24, 2.45) is 11.3 Å². The molecule has 1 aliphatic carbocycles. The van der Waals surface area contributed by atoms with Crippen molar-refractivity contribution in [2.75, 3.05) is 11.4 Å². The minimum Gasteiger partial charge on any atom is -0.451 e. The molecule has 1 aromatic carbocycles. The van der Waals surface area contributed by atoms with Crippen LogP contribution in [0.25, 0.3) is 0 Å². The Kier molecular flexibility index (Phi) is 4.48. The molecule has 4 nitrogen and oxygen atoms in total. The largest absolute Gasteiger partial charge is 0.451 e. The number of para-hydroxylation sites is 1. The quantitative estimate of drug-likeness (QED) is 0.628. The topological polar surface area (TPSA) is 46.6 Å². The maximum absolute atomic E-state index is 12.8. The van der Waals surface area contributed by atoms with Crippen molar-refractivity contribution >= 4 is 17.6 Å². The average molecular weight is 327 g/mol. The molecule has 0 N–H and O–H groups in total. The van der Waals surface area contributed by atoms with Gasteiger partial charge in [-0.25, -0.2) is 0 Å². The van der Waals surface area contributed by atoms with E-state index in [0.717, 1.165) is 18.5 Å². The number of carbonyl (C=O) groups is 2. The third-order valence-corrected chi connectivity index (χ3v) is 5.04. The maximum Gasteiger partial charge on any atom is 0.310 e. The molecular weight excluding hydrogens is 302 g/mol. The first-order valence-corrected chi connectivity index (χ1v) is 8.61. The van der Waals surface area contributed by atoms with E-state index >= 15 is 0 Å². The minimum absolute atomic E-state index is 0.122. The fraction of sp³-hybridized carbons (Fsp3) is 0.500. The number of ether oxygens (including phenoxy) is 1. The van der Waals surface area contributed by atoms with E-state index in [1.807, 2.05) is 44.2 Å². The Hall–Kier alpha value is -2.10. The van der Waals surface area contributed by atoms with Crippen LogP contribution in [0.3, 0.4) is 0 Å². The molecule has 1 fully saturated rings. The fourth-order valence-corrected chi connectivity index (χ4v) is 3.47. The summed E-state index contributed by atoms with van der Waals surface area (Å²) in [5.74, 6) is -0.481. The molecule has 0 saturated carbocycles. The van der Waals surface area contributed by atoms with Crippen molar-refractivity contribution in [2.45, 2.75) is 46.1 Å². The molecule has 0 radical (unpaired) electrons. The fourth-order valence-electron chi connectivity index (χ4n) is 3.47. The van der Waals surface area contributed by atoms with Crippen molar-refractivity contribution in [1.82, 2.24) is 0 Å². The highest BCUT2D eigenvalue weighted by molar-refractivity contribution is 6.00. The number of benzene rings is 1. The number of nitrogens with zero attached hydrogens (tertiary/aromatic N) is 1. The Labute approximate surface area is 143 Å². The van der Waals surface area contributed by atoms with E-state index in [1.165, 1.54) is 5.57 Å². The molecule has 0 aromatic heterocycles. The molecule has 1 heterocycles. The molecule has 24 heavy (non-hydrogen) atoms. The highest BCUT2D eigenvalue weighted by Gasteiger charge is 2.49. The summed E-state index contributed by atoms with van der Waals surface area (Å²) in [4.78, 5) is 27.1. The molecule has 1 aliphatic heterocycles. The van der Waals surface area contributed by atoms with Crippen molar-refractivity contribution in [1.29, 1.82) is 0 Å². The minimum atomic E-state index is -0.711. The molecule has 0 spiro atoms. The second-order valence-corrected chi connectivity index (χ2v) is 7.59. The first kappa shape index (κ1) is 16.7. The van der Waals surface area contributed by atoms with Gasteiger partial charge in [-0.15, -0.1) is 0 Å².